The minimum atomic E-state index is -0.695. The molecule has 126 valence electrons. The molecule has 25 heavy (non-hydrogen) atoms. The summed E-state index contributed by atoms with van der Waals surface area (Å²) in [5.74, 6) is -0.251. The lowest BCUT2D eigenvalue weighted by atomic mass is 10.1. The van der Waals surface area contributed by atoms with Crippen LogP contribution in [0.3, 0.4) is 0 Å². The number of furan rings is 1. The highest BCUT2D eigenvalue weighted by atomic mass is 35.5. The van der Waals surface area contributed by atoms with E-state index < -0.39 is 5.97 Å². The monoisotopic (exact) mass is 373 g/mol. The average molecular weight is 374 g/mol. The minimum Gasteiger partial charge on any atom is -0.449 e. The summed E-state index contributed by atoms with van der Waals surface area (Å²) in [5.41, 5.74) is 2.04. The normalized spacial score (nSPS) is 11.4. The number of hydrogen-bond acceptors (Lipinski definition) is 4. The van der Waals surface area contributed by atoms with E-state index in [1.807, 2.05) is 30.3 Å². The van der Waals surface area contributed by atoms with Crippen molar-refractivity contribution in [1.29, 1.82) is 0 Å². The first-order valence-corrected chi connectivity index (χ1v) is 8.17. The van der Waals surface area contributed by atoms with Crippen molar-refractivity contribution in [3.05, 3.63) is 82.0 Å². The second kappa shape index (κ2) is 7.55. The highest BCUT2D eigenvalue weighted by Gasteiger charge is 2.16. The number of carbonyl (C=O) groups is 1. The van der Waals surface area contributed by atoms with Crippen molar-refractivity contribution in [2.24, 2.45) is 5.16 Å². The maximum Gasteiger partial charge on any atom is 0.400 e. The molecule has 3 rings (SSSR count). The van der Waals surface area contributed by atoms with Crippen molar-refractivity contribution >= 4 is 34.9 Å². The molecule has 0 amide bonds. The Hall–Kier alpha value is -2.56. The number of rotatable bonds is 4. The Morgan fingerprint density at radius 1 is 1.04 bits per heavy atom. The molecule has 0 saturated carbocycles. The molecule has 0 aliphatic heterocycles. The average Bonchev–Trinajstić information content (AvgIpc) is 3.12. The molecular formula is C19H13Cl2NO3. The molecule has 0 aliphatic rings. The van der Waals surface area contributed by atoms with Gasteiger partial charge in [-0.3, -0.25) is 0 Å². The summed E-state index contributed by atoms with van der Waals surface area (Å²) < 4.78 is 5.52. The van der Waals surface area contributed by atoms with Gasteiger partial charge in [0.05, 0.1) is 10.7 Å². The van der Waals surface area contributed by atoms with Crippen LogP contribution >= 0.6 is 23.2 Å². The fourth-order valence-electron chi connectivity index (χ4n) is 2.17. The molecule has 2 aromatic carbocycles. The molecule has 1 aromatic heterocycles. The van der Waals surface area contributed by atoms with Crippen molar-refractivity contribution in [2.75, 3.05) is 0 Å². The van der Waals surface area contributed by atoms with Crippen molar-refractivity contribution in [1.82, 2.24) is 0 Å². The molecule has 0 unspecified atom stereocenters. The summed E-state index contributed by atoms with van der Waals surface area (Å²) in [4.78, 5) is 17.0. The van der Waals surface area contributed by atoms with Crippen LogP contribution < -0.4 is 0 Å². The fraction of sp³-hybridized carbons (Fsp3) is 0.0526. The first-order valence-electron chi connectivity index (χ1n) is 7.41. The topological polar surface area (TPSA) is 51.8 Å². The van der Waals surface area contributed by atoms with E-state index in [1.165, 1.54) is 6.07 Å². The van der Waals surface area contributed by atoms with Crippen LogP contribution in [0.4, 0.5) is 0 Å². The number of oxime groups is 1. The molecule has 0 saturated heterocycles. The largest absolute Gasteiger partial charge is 0.449 e. The lowest BCUT2D eigenvalue weighted by molar-refractivity contribution is 0.0481. The van der Waals surface area contributed by atoms with Gasteiger partial charge in [0.1, 0.15) is 5.76 Å². The Kier molecular flexibility index (Phi) is 5.22. The third-order valence-corrected chi connectivity index (χ3v) is 4.02. The summed E-state index contributed by atoms with van der Waals surface area (Å²) in [6, 6.07) is 17.5. The van der Waals surface area contributed by atoms with Gasteiger partial charge in [-0.1, -0.05) is 58.7 Å². The summed E-state index contributed by atoms with van der Waals surface area (Å²) in [6.07, 6.45) is 0. The van der Waals surface area contributed by atoms with E-state index in [-0.39, 0.29) is 5.76 Å². The Bertz CT molecular complexity index is 933. The zero-order chi connectivity index (χ0) is 17.8. The lowest BCUT2D eigenvalue weighted by Crippen LogP contribution is -2.02. The van der Waals surface area contributed by atoms with E-state index in [0.717, 1.165) is 5.56 Å². The smallest absolute Gasteiger partial charge is 0.400 e. The Labute approximate surface area is 154 Å². The van der Waals surface area contributed by atoms with Crippen LogP contribution in [-0.2, 0) is 4.84 Å². The fourth-order valence-corrected chi connectivity index (χ4v) is 2.55. The zero-order valence-electron chi connectivity index (χ0n) is 13.2. The molecule has 0 bridgehead atoms. The lowest BCUT2D eigenvalue weighted by Gasteiger charge is -2.02. The van der Waals surface area contributed by atoms with Gasteiger partial charge < -0.3 is 9.25 Å². The van der Waals surface area contributed by atoms with Crippen LogP contribution in [0.2, 0.25) is 10.0 Å². The van der Waals surface area contributed by atoms with Crippen LogP contribution in [0.5, 0.6) is 0 Å². The molecule has 6 heteroatoms. The number of carbonyl (C=O) groups excluding carboxylic acids is 1. The van der Waals surface area contributed by atoms with Crippen LogP contribution in [0.15, 0.2) is 70.2 Å². The Morgan fingerprint density at radius 2 is 1.80 bits per heavy atom. The van der Waals surface area contributed by atoms with Gasteiger partial charge in [0, 0.05) is 10.6 Å². The van der Waals surface area contributed by atoms with Crippen molar-refractivity contribution in [3.8, 4) is 11.3 Å². The van der Waals surface area contributed by atoms with E-state index in [0.29, 0.717) is 27.1 Å². The van der Waals surface area contributed by atoms with Crippen molar-refractivity contribution in [3.63, 3.8) is 0 Å². The first kappa shape index (κ1) is 17.3. The van der Waals surface area contributed by atoms with E-state index >= 15 is 0 Å². The molecule has 4 nitrogen and oxygen atoms in total. The third kappa shape index (κ3) is 4.10. The molecule has 1 heterocycles. The molecule has 3 aromatic rings. The van der Waals surface area contributed by atoms with Gasteiger partial charge in [0.15, 0.2) is 0 Å². The standard InChI is InChI=1S/C19H13Cl2NO3/c1-12(13-5-3-2-4-6-13)22-25-19(23)18-10-9-17(24-18)15-11-14(20)7-8-16(15)21/h2-11H,1H3/b22-12-. The van der Waals surface area contributed by atoms with Crippen LogP contribution in [0.1, 0.15) is 23.0 Å². The van der Waals surface area contributed by atoms with Gasteiger partial charge in [-0.25, -0.2) is 4.79 Å². The van der Waals surface area contributed by atoms with E-state index in [1.54, 1.807) is 31.2 Å². The van der Waals surface area contributed by atoms with Gasteiger partial charge >= 0.3 is 5.97 Å². The highest BCUT2D eigenvalue weighted by Crippen LogP contribution is 2.31. The molecule has 0 radical (unpaired) electrons. The summed E-state index contributed by atoms with van der Waals surface area (Å²) in [7, 11) is 0. The number of halogens is 2. The van der Waals surface area contributed by atoms with Crippen molar-refractivity contribution in [2.45, 2.75) is 6.92 Å². The molecule has 0 N–H and O–H groups in total. The SMILES string of the molecule is C/C(=N/OC(=O)c1ccc(-c2cc(Cl)ccc2Cl)o1)c1ccccc1. The predicted molar refractivity (Wildman–Crippen MR) is 98.2 cm³/mol. The maximum absolute atomic E-state index is 12.1. The molecule has 0 fully saturated rings. The van der Waals surface area contributed by atoms with Gasteiger partial charge in [0.25, 0.3) is 0 Å². The summed E-state index contributed by atoms with van der Waals surface area (Å²) >= 11 is 12.1. The van der Waals surface area contributed by atoms with Crippen LogP contribution in [0.25, 0.3) is 11.3 Å². The molecule has 0 spiro atoms. The molecule has 0 atom stereocenters. The zero-order valence-corrected chi connectivity index (χ0v) is 14.7. The first-order chi connectivity index (χ1) is 12.0. The maximum atomic E-state index is 12.1. The molecular weight excluding hydrogens is 361 g/mol. The Balaban J connectivity index is 1.76. The van der Waals surface area contributed by atoms with Crippen LogP contribution in [0, 0.1) is 0 Å². The van der Waals surface area contributed by atoms with E-state index in [9.17, 15) is 4.79 Å². The van der Waals surface area contributed by atoms with Crippen molar-refractivity contribution < 1.29 is 14.0 Å². The van der Waals surface area contributed by atoms with E-state index in [4.69, 9.17) is 32.5 Å². The minimum absolute atomic E-state index is 0.0238. The second-order valence-corrected chi connectivity index (χ2v) is 6.05. The van der Waals surface area contributed by atoms with Gasteiger partial charge in [-0.2, -0.15) is 0 Å². The quantitative estimate of drug-likeness (QED) is 0.328. The second-order valence-electron chi connectivity index (χ2n) is 5.21. The predicted octanol–water partition coefficient (Wildman–Crippen LogP) is 5.83. The number of benzene rings is 2. The highest BCUT2D eigenvalue weighted by molar-refractivity contribution is 6.35. The number of hydrogen-bond donors (Lipinski definition) is 0. The van der Waals surface area contributed by atoms with E-state index in [2.05, 4.69) is 5.16 Å². The summed E-state index contributed by atoms with van der Waals surface area (Å²) in [6.45, 7) is 1.75. The third-order valence-electron chi connectivity index (χ3n) is 3.46. The van der Waals surface area contributed by atoms with Crippen LogP contribution in [-0.4, -0.2) is 11.7 Å². The molecule has 0 aliphatic carbocycles. The number of nitrogens with zero attached hydrogens (tertiary/aromatic N) is 1. The summed E-state index contributed by atoms with van der Waals surface area (Å²) in [5, 5.41) is 4.83. The van der Waals surface area contributed by atoms with Gasteiger partial charge in [0.2, 0.25) is 5.76 Å². The van der Waals surface area contributed by atoms with Gasteiger partial charge in [-0.05, 0) is 42.8 Å². The Morgan fingerprint density at radius 3 is 2.56 bits per heavy atom. The van der Waals surface area contributed by atoms with Gasteiger partial charge in [-0.15, -0.1) is 0 Å².